The van der Waals surface area contributed by atoms with Crippen LogP contribution in [0.25, 0.3) is 10.8 Å². The number of allylic oxidation sites excluding steroid dienone is 1. The summed E-state index contributed by atoms with van der Waals surface area (Å²) in [7, 11) is 0. The standard InChI is InChI=1S/C18H20N2O2/c1-12(13-7-3-2-4-8-13)20-18(22)16-11-19-17(21)15-10-6-5-9-14(15)16/h5-7,9-12H,2-4,8H2,1H3,(H,19,21)(H,20,22)/t12-/m0/s1. The van der Waals surface area contributed by atoms with Crippen LogP contribution in [0.3, 0.4) is 0 Å². The van der Waals surface area contributed by atoms with Crippen LogP contribution in [-0.4, -0.2) is 16.9 Å². The number of amides is 1. The van der Waals surface area contributed by atoms with Crippen LogP contribution < -0.4 is 10.9 Å². The second kappa shape index (κ2) is 6.18. The van der Waals surface area contributed by atoms with Crippen LogP contribution in [0.5, 0.6) is 0 Å². The molecule has 1 amide bonds. The molecular weight excluding hydrogens is 276 g/mol. The Labute approximate surface area is 129 Å². The summed E-state index contributed by atoms with van der Waals surface area (Å²) in [6.07, 6.45) is 8.30. The lowest BCUT2D eigenvalue weighted by Crippen LogP contribution is -2.35. The van der Waals surface area contributed by atoms with Gasteiger partial charge in [-0.15, -0.1) is 0 Å². The Morgan fingerprint density at radius 3 is 2.73 bits per heavy atom. The maximum Gasteiger partial charge on any atom is 0.255 e. The number of fused-ring (bicyclic) bond motifs is 1. The van der Waals surface area contributed by atoms with Gasteiger partial charge in [0.2, 0.25) is 0 Å². The summed E-state index contributed by atoms with van der Waals surface area (Å²) in [6, 6.07) is 7.21. The predicted octanol–water partition coefficient (Wildman–Crippen LogP) is 3.15. The highest BCUT2D eigenvalue weighted by atomic mass is 16.2. The normalized spacial score (nSPS) is 16.1. The van der Waals surface area contributed by atoms with Gasteiger partial charge in [0.15, 0.2) is 0 Å². The van der Waals surface area contributed by atoms with Crippen molar-refractivity contribution in [2.75, 3.05) is 0 Å². The average Bonchev–Trinajstić information content (AvgIpc) is 2.56. The van der Waals surface area contributed by atoms with Crippen molar-refractivity contribution in [3.05, 3.63) is 58.0 Å². The summed E-state index contributed by atoms with van der Waals surface area (Å²) < 4.78 is 0. The summed E-state index contributed by atoms with van der Waals surface area (Å²) in [5.74, 6) is -0.147. The van der Waals surface area contributed by atoms with Crippen molar-refractivity contribution in [1.29, 1.82) is 0 Å². The highest BCUT2D eigenvalue weighted by molar-refractivity contribution is 6.06. The second-order valence-corrected chi connectivity index (χ2v) is 5.80. The fourth-order valence-corrected chi connectivity index (χ4v) is 3.02. The Kier molecular flexibility index (Phi) is 4.09. The van der Waals surface area contributed by atoms with Crippen LogP contribution in [0, 0.1) is 0 Å². The largest absolute Gasteiger partial charge is 0.346 e. The third kappa shape index (κ3) is 2.82. The van der Waals surface area contributed by atoms with Crippen LogP contribution >= 0.6 is 0 Å². The SMILES string of the molecule is C[C@H](NC(=O)c1c[nH]c(=O)c2ccccc12)C1=CCCCC1. The number of carbonyl (C=O) groups excluding carboxylic acids is 1. The molecule has 2 aromatic rings. The zero-order valence-electron chi connectivity index (χ0n) is 12.7. The molecule has 114 valence electrons. The molecule has 1 aromatic carbocycles. The Morgan fingerprint density at radius 2 is 2.00 bits per heavy atom. The summed E-state index contributed by atoms with van der Waals surface area (Å²) in [4.78, 5) is 27.0. The summed E-state index contributed by atoms with van der Waals surface area (Å²) in [5, 5.41) is 4.28. The lowest BCUT2D eigenvalue weighted by atomic mass is 9.94. The lowest BCUT2D eigenvalue weighted by molar-refractivity contribution is 0.0946. The van der Waals surface area contributed by atoms with Crippen molar-refractivity contribution in [2.45, 2.75) is 38.6 Å². The van der Waals surface area contributed by atoms with Crippen molar-refractivity contribution >= 4 is 16.7 Å². The zero-order valence-corrected chi connectivity index (χ0v) is 12.7. The quantitative estimate of drug-likeness (QED) is 0.855. The first-order valence-electron chi connectivity index (χ1n) is 7.77. The van der Waals surface area contributed by atoms with E-state index in [2.05, 4.69) is 16.4 Å². The topological polar surface area (TPSA) is 62.0 Å². The summed E-state index contributed by atoms with van der Waals surface area (Å²) in [6.45, 7) is 2.02. The van der Waals surface area contributed by atoms with Gasteiger partial charge in [0.25, 0.3) is 11.5 Å². The average molecular weight is 296 g/mol. The van der Waals surface area contributed by atoms with Gasteiger partial charge < -0.3 is 10.3 Å². The van der Waals surface area contributed by atoms with Crippen LogP contribution in [0.4, 0.5) is 0 Å². The molecule has 1 aliphatic carbocycles. The fourth-order valence-electron chi connectivity index (χ4n) is 3.02. The van der Waals surface area contributed by atoms with Gasteiger partial charge in [-0.1, -0.05) is 29.8 Å². The number of H-pyrrole nitrogens is 1. The van der Waals surface area contributed by atoms with E-state index >= 15 is 0 Å². The van der Waals surface area contributed by atoms with Gasteiger partial charge >= 0.3 is 0 Å². The molecule has 1 heterocycles. The molecule has 0 spiro atoms. The predicted molar refractivity (Wildman–Crippen MR) is 88.0 cm³/mol. The lowest BCUT2D eigenvalue weighted by Gasteiger charge is -2.21. The number of aromatic nitrogens is 1. The number of nitrogens with one attached hydrogen (secondary N) is 2. The van der Waals surface area contributed by atoms with Crippen molar-refractivity contribution in [3.8, 4) is 0 Å². The van der Waals surface area contributed by atoms with Crippen LogP contribution in [0.1, 0.15) is 43.0 Å². The number of rotatable bonds is 3. The van der Waals surface area contributed by atoms with E-state index in [4.69, 9.17) is 0 Å². The smallest absolute Gasteiger partial charge is 0.255 e. The van der Waals surface area contributed by atoms with E-state index in [1.165, 1.54) is 24.6 Å². The second-order valence-electron chi connectivity index (χ2n) is 5.80. The van der Waals surface area contributed by atoms with Gasteiger partial charge in [-0.05, 0) is 38.7 Å². The summed E-state index contributed by atoms with van der Waals surface area (Å²) in [5.41, 5.74) is 1.64. The van der Waals surface area contributed by atoms with Crippen molar-refractivity contribution in [2.24, 2.45) is 0 Å². The molecule has 1 atom stereocenters. The molecule has 1 aliphatic rings. The maximum absolute atomic E-state index is 12.6. The van der Waals surface area contributed by atoms with Crippen molar-refractivity contribution in [3.63, 3.8) is 0 Å². The number of hydrogen-bond acceptors (Lipinski definition) is 2. The minimum atomic E-state index is -0.171. The molecule has 0 radical (unpaired) electrons. The molecule has 0 bridgehead atoms. The van der Waals surface area contributed by atoms with Crippen LogP contribution in [-0.2, 0) is 0 Å². The Balaban J connectivity index is 1.88. The van der Waals surface area contributed by atoms with E-state index in [-0.39, 0.29) is 17.5 Å². The highest BCUT2D eigenvalue weighted by Crippen LogP contribution is 2.21. The van der Waals surface area contributed by atoms with Crippen LogP contribution in [0.2, 0.25) is 0 Å². The Morgan fingerprint density at radius 1 is 1.23 bits per heavy atom. The molecule has 2 N–H and O–H groups in total. The van der Waals surface area contributed by atoms with Gasteiger partial charge in [0, 0.05) is 23.0 Å². The number of pyridine rings is 1. The molecule has 4 nitrogen and oxygen atoms in total. The molecule has 0 aliphatic heterocycles. The first kappa shape index (κ1) is 14.6. The van der Waals surface area contributed by atoms with E-state index in [0.29, 0.717) is 16.3 Å². The van der Waals surface area contributed by atoms with Gasteiger partial charge in [-0.3, -0.25) is 9.59 Å². The molecule has 3 rings (SSSR count). The van der Waals surface area contributed by atoms with Gasteiger partial charge in [0.05, 0.1) is 5.56 Å². The summed E-state index contributed by atoms with van der Waals surface area (Å²) >= 11 is 0. The van der Waals surface area contributed by atoms with E-state index in [9.17, 15) is 9.59 Å². The van der Waals surface area contributed by atoms with Gasteiger partial charge in [-0.2, -0.15) is 0 Å². The van der Waals surface area contributed by atoms with E-state index in [1.807, 2.05) is 19.1 Å². The van der Waals surface area contributed by atoms with Gasteiger partial charge in [0.1, 0.15) is 0 Å². The van der Waals surface area contributed by atoms with Gasteiger partial charge in [-0.25, -0.2) is 0 Å². The molecular formula is C18H20N2O2. The third-order valence-corrected chi connectivity index (χ3v) is 4.28. The number of hydrogen-bond donors (Lipinski definition) is 2. The maximum atomic E-state index is 12.6. The Hall–Kier alpha value is -2.36. The van der Waals surface area contributed by atoms with Crippen LogP contribution in [0.15, 0.2) is 46.9 Å². The highest BCUT2D eigenvalue weighted by Gasteiger charge is 2.17. The molecule has 1 aromatic heterocycles. The molecule has 0 unspecified atom stereocenters. The Bertz CT molecular complexity index is 789. The molecule has 0 saturated heterocycles. The minimum Gasteiger partial charge on any atom is -0.346 e. The minimum absolute atomic E-state index is 0.0264. The number of aromatic amines is 1. The molecule has 4 heteroatoms. The van der Waals surface area contributed by atoms with E-state index in [0.717, 1.165) is 12.8 Å². The van der Waals surface area contributed by atoms with E-state index in [1.54, 1.807) is 12.1 Å². The molecule has 22 heavy (non-hydrogen) atoms. The third-order valence-electron chi connectivity index (χ3n) is 4.28. The first-order chi connectivity index (χ1) is 10.7. The van der Waals surface area contributed by atoms with E-state index < -0.39 is 0 Å². The molecule has 0 fully saturated rings. The van der Waals surface area contributed by atoms with Crippen molar-refractivity contribution in [1.82, 2.24) is 10.3 Å². The first-order valence-corrected chi connectivity index (χ1v) is 7.77. The number of benzene rings is 1. The fraction of sp³-hybridized carbons (Fsp3) is 0.333. The zero-order chi connectivity index (χ0) is 15.5. The van der Waals surface area contributed by atoms with Crippen molar-refractivity contribution < 1.29 is 4.79 Å². The molecule has 0 saturated carbocycles. The monoisotopic (exact) mass is 296 g/mol. The number of carbonyl (C=O) groups is 1.